The van der Waals surface area contributed by atoms with Crippen molar-refractivity contribution in [2.24, 2.45) is 0 Å². The monoisotopic (exact) mass is 216 g/mol. The van der Waals surface area contributed by atoms with Gasteiger partial charge < -0.3 is 10.0 Å². The first-order valence-electron chi connectivity index (χ1n) is 5.06. The molecule has 4 nitrogen and oxygen atoms in total. The highest BCUT2D eigenvalue weighted by Gasteiger charge is 2.14. The van der Waals surface area contributed by atoms with E-state index in [2.05, 4.69) is 5.10 Å². The highest BCUT2D eigenvalue weighted by Crippen LogP contribution is 2.09. The number of benzene rings is 1. The maximum absolute atomic E-state index is 9.10. The van der Waals surface area contributed by atoms with Crippen molar-refractivity contribution in [3.05, 3.63) is 41.7 Å². The van der Waals surface area contributed by atoms with Crippen molar-refractivity contribution in [1.29, 1.82) is 0 Å². The van der Waals surface area contributed by atoms with Crippen LogP contribution >= 0.6 is 0 Å². The van der Waals surface area contributed by atoms with Crippen molar-refractivity contribution in [3.8, 4) is 5.69 Å². The lowest BCUT2D eigenvalue weighted by molar-refractivity contribution is 0.425. The lowest BCUT2D eigenvalue weighted by Gasteiger charge is -2.07. The molecule has 0 amide bonds. The summed E-state index contributed by atoms with van der Waals surface area (Å²) in [6, 6.07) is 5.39. The predicted molar refractivity (Wildman–Crippen MR) is 62.9 cm³/mol. The number of nitrogens with zero attached hydrogens (tertiary/aromatic N) is 2. The summed E-state index contributed by atoms with van der Waals surface area (Å²) in [4.78, 5) is 0. The summed E-state index contributed by atoms with van der Waals surface area (Å²) in [7, 11) is -1.42. The minimum absolute atomic E-state index is 0.521. The van der Waals surface area contributed by atoms with Crippen LogP contribution in [0.3, 0.4) is 0 Å². The first-order valence-corrected chi connectivity index (χ1v) is 5.06. The van der Waals surface area contributed by atoms with Gasteiger partial charge >= 0.3 is 7.12 Å². The van der Waals surface area contributed by atoms with Gasteiger partial charge in [0, 0.05) is 6.20 Å². The molecular weight excluding hydrogens is 203 g/mol. The first kappa shape index (κ1) is 10.9. The van der Waals surface area contributed by atoms with Crippen LogP contribution in [0.2, 0.25) is 0 Å². The standard InChI is InChI=1S/C11H13BN2O2/c1-8-6-13-14(7-8)10-3-4-11(12(15)16)9(2)5-10/h3-7,15-16H,1-2H3. The predicted octanol–water partition coefficient (Wildman–Crippen LogP) is 0.169. The van der Waals surface area contributed by atoms with Crippen LogP contribution in [0.5, 0.6) is 0 Å². The number of hydrogen-bond donors (Lipinski definition) is 2. The Kier molecular flexibility index (Phi) is 2.81. The van der Waals surface area contributed by atoms with Crippen molar-refractivity contribution in [1.82, 2.24) is 9.78 Å². The highest BCUT2D eigenvalue weighted by atomic mass is 16.4. The van der Waals surface area contributed by atoms with E-state index >= 15 is 0 Å². The fraction of sp³-hybridized carbons (Fsp3) is 0.182. The molecule has 0 bridgehead atoms. The van der Waals surface area contributed by atoms with Crippen molar-refractivity contribution in [3.63, 3.8) is 0 Å². The molecule has 0 aliphatic carbocycles. The van der Waals surface area contributed by atoms with Gasteiger partial charge in [0.2, 0.25) is 0 Å². The van der Waals surface area contributed by atoms with Gasteiger partial charge in [-0.3, -0.25) is 0 Å². The van der Waals surface area contributed by atoms with Crippen LogP contribution in [0, 0.1) is 13.8 Å². The SMILES string of the molecule is Cc1cnn(-c2ccc(B(O)O)c(C)c2)c1. The molecule has 82 valence electrons. The molecule has 2 rings (SSSR count). The minimum atomic E-state index is -1.42. The molecule has 0 saturated heterocycles. The molecule has 0 aliphatic rings. The molecule has 0 spiro atoms. The average Bonchev–Trinajstić information content (AvgIpc) is 2.64. The van der Waals surface area contributed by atoms with Gasteiger partial charge in [-0.2, -0.15) is 5.10 Å². The molecule has 0 fully saturated rings. The fourth-order valence-electron chi connectivity index (χ4n) is 1.65. The normalized spacial score (nSPS) is 10.5. The van der Waals surface area contributed by atoms with Crippen LogP contribution < -0.4 is 5.46 Å². The summed E-state index contributed by atoms with van der Waals surface area (Å²) in [6.07, 6.45) is 3.70. The summed E-state index contributed by atoms with van der Waals surface area (Å²) in [5, 5.41) is 22.4. The van der Waals surface area contributed by atoms with Gasteiger partial charge in [0.15, 0.2) is 0 Å². The van der Waals surface area contributed by atoms with Crippen molar-refractivity contribution < 1.29 is 10.0 Å². The van der Waals surface area contributed by atoms with Crippen LogP contribution in [-0.4, -0.2) is 26.9 Å². The highest BCUT2D eigenvalue weighted by molar-refractivity contribution is 6.59. The molecule has 0 atom stereocenters. The van der Waals surface area contributed by atoms with Crippen molar-refractivity contribution in [2.45, 2.75) is 13.8 Å². The van der Waals surface area contributed by atoms with Crippen LogP contribution in [0.15, 0.2) is 30.6 Å². The largest absolute Gasteiger partial charge is 0.488 e. The smallest absolute Gasteiger partial charge is 0.423 e. The number of aryl methyl sites for hydroxylation is 2. The molecule has 2 aromatic rings. The molecule has 0 unspecified atom stereocenters. The zero-order valence-electron chi connectivity index (χ0n) is 9.25. The van der Waals surface area contributed by atoms with Gasteiger partial charge in [-0.05, 0) is 42.6 Å². The topological polar surface area (TPSA) is 58.3 Å². The van der Waals surface area contributed by atoms with E-state index in [4.69, 9.17) is 10.0 Å². The Morgan fingerprint density at radius 3 is 2.50 bits per heavy atom. The molecule has 0 radical (unpaired) electrons. The quantitative estimate of drug-likeness (QED) is 0.703. The minimum Gasteiger partial charge on any atom is -0.423 e. The van der Waals surface area contributed by atoms with E-state index in [9.17, 15) is 0 Å². The second-order valence-electron chi connectivity index (χ2n) is 3.88. The Morgan fingerprint density at radius 2 is 2.00 bits per heavy atom. The van der Waals surface area contributed by atoms with Crippen molar-refractivity contribution >= 4 is 12.6 Å². The van der Waals surface area contributed by atoms with Gasteiger partial charge in [-0.1, -0.05) is 6.07 Å². The number of rotatable bonds is 2. The summed E-state index contributed by atoms with van der Waals surface area (Å²) >= 11 is 0. The number of aromatic nitrogens is 2. The van der Waals surface area contributed by atoms with Crippen molar-refractivity contribution in [2.75, 3.05) is 0 Å². The second kappa shape index (κ2) is 4.12. The van der Waals surface area contributed by atoms with Gasteiger partial charge in [0.1, 0.15) is 0 Å². The summed E-state index contributed by atoms with van der Waals surface area (Å²) in [6.45, 7) is 3.82. The summed E-state index contributed by atoms with van der Waals surface area (Å²) < 4.78 is 1.76. The second-order valence-corrected chi connectivity index (χ2v) is 3.88. The van der Waals surface area contributed by atoms with E-state index in [1.807, 2.05) is 32.2 Å². The van der Waals surface area contributed by atoms with E-state index in [0.29, 0.717) is 5.46 Å². The molecule has 1 heterocycles. The van der Waals surface area contributed by atoms with Gasteiger partial charge in [-0.25, -0.2) is 4.68 Å². The Morgan fingerprint density at radius 1 is 1.25 bits per heavy atom. The molecule has 2 N–H and O–H groups in total. The summed E-state index contributed by atoms with van der Waals surface area (Å²) in [5.41, 5.74) is 3.35. The summed E-state index contributed by atoms with van der Waals surface area (Å²) in [5.74, 6) is 0. The van der Waals surface area contributed by atoms with Gasteiger partial charge in [0.25, 0.3) is 0 Å². The zero-order valence-corrected chi connectivity index (χ0v) is 9.25. The van der Waals surface area contributed by atoms with Gasteiger partial charge in [-0.15, -0.1) is 0 Å². The lowest BCUT2D eigenvalue weighted by atomic mass is 9.77. The molecule has 0 saturated carbocycles. The molecule has 1 aromatic heterocycles. The first-order chi connectivity index (χ1) is 7.58. The number of hydrogen-bond acceptors (Lipinski definition) is 3. The van der Waals surface area contributed by atoms with E-state index in [0.717, 1.165) is 16.8 Å². The maximum atomic E-state index is 9.10. The van der Waals surface area contributed by atoms with E-state index in [1.54, 1.807) is 16.9 Å². The van der Waals surface area contributed by atoms with Crippen LogP contribution in [0.25, 0.3) is 5.69 Å². The van der Waals surface area contributed by atoms with Crippen LogP contribution in [0.1, 0.15) is 11.1 Å². The van der Waals surface area contributed by atoms with E-state index in [1.165, 1.54) is 0 Å². The third-order valence-corrected chi connectivity index (χ3v) is 2.51. The Balaban J connectivity index is 2.42. The van der Waals surface area contributed by atoms with Crippen LogP contribution in [0.4, 0.5) is 0 Å². The van der Waals surface area contributed by atoms with E-state index in [-0.39, 0.29) is 0 Å². The van der Waals surface area contributed by atoms with Crippen LogP contribution in [-0.2, 0) is 0 Å². The van der Waals surface area contributed by atoms with Gasteiger partial charge in [0.05, 0.1) is 11.9 Å². The Bertz CT molecular complexity index is 508. The van der Waals surface area contributed by atoms with E-state index < -0.39 is 7.12 Å². The lowest BCUT2D eigenvalue weighted by Crippen LogP contribution is -2.32. The third kappa shape index (κ3) is 2.00. The molecule has 0 aliphatic heterocycles. The Hall–Kier alpha value is -1.59. The molecule has 1 aromatic carbocycles. The molecular formula is C11H13BN2O2. The zero-order chi connectivity index (χ0) is 11.7. The third-order valence-electron chi connectivity index (χ3n) is 2.51. The average molecular weight is 216 g/mol. The Labute approximate surface area is 94.3 Å². The fourth-order valence-corrected chi connectivity index (χ4v) is 1.65. The maximum Gasteiger partial charge on any atom is 0.488 e. The molecule has 5 heteroatoms. The molecule has 16 heavy (non-hydrogen) atoms.